The Balaban J connectivity index is 2.36. The number of likely N-dealkylation sites (N-methyl/N-ethyl adjacent to an activating group) is 1. The van der Waals surface area contributed by atoms with Crippen molar-refractivity contribution in [2.75, 3.05) is 18.9 Å². The van der Waals surface area contributed by atoms with Gasteiger partial charge in [0.05, 0.1) is 0 Å². The normalized spacial score (nSPS) is 12.5. The van der Waals surface area contributed by atoms with Gasteiger partial charge in [0.2, 0.25) is 0 Å². The van der Waals surface area contributed by atoms with Gasteiger partial charge in [0.15, 0.2) is 5.57 Å². The van der Waals surface area contributed by atoms with Gasteiger partial charge in [0, 0.05) is 24.8 Å². The molecule has 0 saturated heterocycles. The molecule has 21 heavy (non-hydrogen) atoms. The molecule has 1 aromatic rings. The van der Waals surface area contributed by atoms with Crippen molar-refractivity contribution in [2.45, 2.75) is 6.42 Å². The van der Waals surface area contributed by atoms with Crippen molar-refractivity contribution in [3.8, 4) is 18.2 Å². The van der Waals surface area contributed by atoms with Crippen LogP contribution in [0.1, 0.15) is 15.9 Å². The third-order valence-corrected chi connectivity index (χ3v) is 3.25. The van der Waals surface area contributed by atoms with Crippen molar-refractivity contribution in [1.29, 1.82) is 15.8 Å². The van der Waals surface area contributed by atoms with E-state index in [1.54, 1.807) is 48.4 Å². The molecule has 2 rings (SSSR count). The molecule has 1 aliphatic heterocycles. The van der Waals surface area contributed by atoms with Gasteiger partial charge in [0.1, 0.15) is 23.9 Å². The first kappa shape index (κ1) is 14.1. The van der Waals surface area contributed by atoms with Crippen LogP contribution in [-0.2, 0) is 6.42 Å². The average Bonchev–Trinajstić information content (AvgIpc) is 2.51. The summed E-state index contributed by atoms with van der Waals surface area (Å²) < 4.78 is 0. The highest BCUT2D eigenvalue weighted by atomic mass is 16.2. The molecule has 6 nitrogen and oxygen atoms in total. The smallest absolute Gasteiger partial charge is 0.253 e. The summed E-state index contributed by atoms with van der Waals surface area (Å²) in [6, 6.07) is 10.2. The Kier molecular flexibility index (Phi) is 3.88. The summed E-state index contributed by atoms with van der Waals surface area (Å²) in [7, 11) is 1.75. The van der Waals surface area contributed by atoms with Crippen molar-refractivity contribution >= 4 is 11.6 Å². The largest absolute Gasteiger partial charge is 0.345 e. The van der Waals surface area contributed by atoms with Gasteiger partial charge in [-0.05, 0) is 30.2 Å². The molecule has 0 radical (unpaired) electrons. The summed E-state index contributed by atoms with van der Waals surface area (Å²) in [5.74, 6) is -0.0337. The number of nitrogens with one attached hydrogen (secondary N) is 1. The van der Waals surface area contributed by atoms with E-state index in [0.29, 0.717) is 17.8 Å². The van der Waals surface area contributed by atoms with Crippen molar-refractivity contribution in [3.05, 3.63) is 40.6 Å². The van der Waals surface area contributed by atoms with E-state index in [1.165, 1.54) is 0 Å². The number of anilines is 1. The summed E-state index contributed by atoms with van der Waals surface area (Å²) in [5, 5.41) is 29.3. The maximum absolute atomic E-state index is 12.0. The molecule has 1 aliphatic rings. The summed E-state index contributed by atoms with van der Waals surface area (Å²) in [6.45, 7) is 0.637. The second-order valence-corrected chi connectivity index (χ2v) is 4.56. The van der Waals surface area contributed by atoms with Crippen LogP contribution in [0.4, 0.5) is 5.69 Å². The molecule has 6 heteroatoms. The highest BCUT2D eigenvalue weighted by molar-refractivity contribution is 5.97. The molecule has 102 valence electrons. The van der Waals surface area contributed by atoms with Crippen LogP contribution in [0.2, 0.25) is 0 Å². The third-order valence-electron chi connectivity index (χ3n) is 3.25. The van der Waals surface area contributed by atoms with Crippen LogP contribution in [0.5, 0.6) is 0 Å². The van der Waals surface area contributed by atoms with E-state index in [4.69, 9.17) is 15.8 Å². The molecule has 1 amide bonds. The minimum absolute atomic E-state index is 0.0337. The minimum Gasteiger partial charge on any atom is -0.345 e. The number of nitrogens with zero attached hydrogens (tertiary/aromatic N) is 4. The first-order chi connectivity index (χ1) is 10.1. The van der Waals surface area contributed by atoms with E-state index in [9.17, 15) is 4.79 Å². The van der Waals surface area contributed by atoms with E-state index in [2.05, 4.69) is 5.32 Å². The quantitative estimate of drug-likeness (QED) is 0.826. The second kappa shape index (κ2) is 5.77. The van der Waals surface area contributed by atoms with Gasteiger partial charge in [0.25, 0.3) is 5.91 Å². The zero-order valence-electron chi connectivity index (χ0n) is 11.3. The molecule has 0 fully saturated rings. The maximum Gasteiger partial charge on any atom is 0.253 e. The maximum atomic E-state index is 12.0. The Morgan fingerprint density at radius 2 is 1.95 bits per heavy atom. The lowest BCUT2D eigenvalue weighted by atomic mass is 9.98. The minimum atomic E-state index is -0.272. The van der Waals surface area contributed by atoms with E-state index in [-0.39, 0.29) is 17.2 Å². The first-order valence-corrected chi connectivity index (χ1v) is 6.20. The van der Waals surface area contributed by atoms with E-state index in [0.717, 1.165) is 12.0 Å². The Morgan fingerprint density at radius 3 is 2.57 bits per heavy atom. The van der Waals surface area contributed by atoms with Crippen LogP contribution in [0.3, 0.4) is 0 Å². The molecular formula is C15H11N5O. The Bertz CT molecular complexity index is 742. The predicted octanol–water partition coefficient (Wildman–Crippen LogP) is 1.55. The molecule has 1 N–H and O–H groups in total. The molecule has 1 heterocycles. The fourth-order valence-corrected chi connectivity index (χ4v) is 2.11. The Labute approximate surface area is 122 Å². The SMILES string of the molecule is CN1CCc2cc(NC(C#N)=C(C#N)C#N)ccc2C1=O. The van der Waals surface area contributed by atoms with E-state index in [1.807, 2.05) is 0 Å². The average molecular weight is 277 g/mol. The number of nitriles is 3. The standard InChI is InChI=1S/C15H11N5O/c1-20-5-4-10-6-12(2-3-13(10)15(20)21)19-14(9-18)11(7-16)8-17/h2-3,6,19H,4-5H2,1H3. The number of hydrogen-bond donors (Lipinski definition) is 1. The van der Waals surface area contributed by atoms with Crippen LogP contribution < -0.4 is 5.32 Å². The zero-order chi connectivity index (χ0) is 15.4. The van der Waals surface area contributed by atoms with Crippen LogP contribution in [0, 0.1) is 34.0 Å². The lowest BCUT2D eigenvalue weighted by molar-refractivity contribution is 0.0781. The number of hydrogen-bond acceptors (Lipinski definition) is 5. The second-order valence-electron chi connectivity index (χ2n) is 4.56. The van der Waals surface area contributed by atoms with Crippen LogP contribution in [0.25, 0.3) is 0 Å². The summed E-state index contributed by atoms with van der Waals surface area (Å²) in [6.07, 6.45) is 0.724. The molecule has 0 aliphatic carbocycles. The summed E-state index contributed by atoms with van der Waals surface area (Å²) >= 11 is 0. The number of amides is 1. The van der Waals surface area contributed by atoms with Gasteiger partial charge >= 0.3 is 0 Å². The van der Waals surface area contributed by atoms with Crippen molar-refractivity contribution in [2.24, 2.45) is 0 Å². The number of carbonyl (C=O) groups is 1. The van der Waals surface area contributed by atoms with Gasteiger partial charge < -0.3 is 10.2 Å². The highest BCUT2D eigenvalue weighted by Crippen LogP contribution is 2.23. The van der Waals surface area contributed by atoms with Crippen molar-refractivity contribution in [1.82, 2.24) is 4.90 Å². The Hall–Kier alpha value is -3.30. The van der Waals surface area contributed by atoms with E-state index < -0.39 is 0 Å². The van der Waals surface area contributed by atoms with Gasteiger partial charge in [-0.3, -0.25) is 4.79 Å². The highest BCUT2D eigenvalue weighted by Gasteiger charge is 2.21. The molecule has 0 unspecified atom stereocenters. The van der Waals surface area contributed by atoms with Crippen LogP contribution >= 0.6 is 0 Å². The molecule has 0 atom stereocenters. The number of benzene rings is 1. The lowest BCUT2D eigenvalue weighted by Crippen LogP contribution is -2.34. The summed E-state index contributed by atoms with van der Waals surface area (Å²) in [4.78, 5) is 13.6. The fraction of sp³-hybridized carbons (Fsp3) is 0.200. The fourth-order valence-electron chi connectivity index (χ4n) is 2.11. The van der Waals surface area contributed by atoms with Crippen LogP contribution in [0.15, 0.2) is 29.5 Å². The Morgan fingerprint density at radius 1 is 1.24 bits per heavy atom. The van der Waals surface area contributed by atoms with Gasteiger partial charge in [-0.15, -0.1) is 0 Å². The first-order valence-electron chi connectivity index (χ1n) is 6.20. The summed E-state index contributed by atoms with van der Waals surface area (Å²) in [5.41, 5.74) is 1.73. The molecule has 0 aromatic heterocycles. The van der Waals surface area contributed by atoms with Gasteiger partial charge in [-0.25, -0.2) is 0 Å². The molecule has 1 aromatic carbocycles. The molecule has 0 bridgehead atoms. The molecular weight excluding hydrogens is 266 g/mol. The number of carbonyl (C=O) groups excluding carboxylic acids is 1. The van der Waals surface area contributed by atoms with E-state index >= 15 is 0 Å². The predicted molar refractivity (Wildman–Crippen MR) is 74.6 cm³/mol. The third kappa shape index (κ3) is 2.68. The topological polar surface area (TPSA) is 104 Å². The van der Waals surface area contributed by atoms with Crippen LogP contribution in [-0.4, -0.2) is 24.4 Å². The number of fused-ring (bicyclic) bond motifs is 1. The zero-order valence-corrected chi connectivity index (χ0v) is 11.3. The molecule has 0 spiro atoms. The number of rotatable bonds is 2. The van der Waals surface area contributed by atoms with Gasteiger partial charge in [-0.1, -0.05) is 0 Å². The van der Waals surface area contributed by atoms with Gasteiger partial charge in [-0.2, -0.15) is 15.8 Å². The van der Waals surface area contributed by atoms with Crippen molar-refractivity contribution in [3.63, 3.8) is 0 Å². The number of allylic oxidation sites excluding steroid dienone is 2. The van der Waals surface area contributed by atoms with Crippen molar-refractivity contribution < 1.29 is 4.79 Å². The molecule has 0 saturated carbocycles. The lowest BCUT2D eigenvalue weighted by Gasteiger charge is -2.25. The monoisotopic (exact) mass is 277 g/mol.